The van der Waals surface area contributed by atoms with Crippen molar-refractivity contribution in [3.63, 3.8) is 0 Å². The average Bonchev–Trinajstić information content (AvgIpc) is 3.60. The molecule has 5 aliphatic carbocycles. The van der Waals surface area contributed by atoms with Crippen LogP contribution in [0.2, 0.25) is 5.02 Å². The molecule has 0 unspecified atom stereocenters. The quantitative estimate of drug-likeness (QED) is 0.281. The highest BCUT2D eigenvalue weighted by molar-refractivity contribution is 6.35. The summed E-state index contributed by atoms with van der Waals surface area (Å²) in [7, 11) is 4.31. The molecule has 2 aromatic carbocycles. The van der Waals surface area contributed by atoms with E-state index in [1.807, 2.05) is 6.08 Å². The number of para-hydroxylation sites is 1. The smallest absolute Gasteiger partial charge is 0.252 e. The number of phenols is 1. The largest absolute Gasteiger partial charge is 0.507 e. The number of aliphatic hydroxyl groups is 1. The molecule has 0 aromatic heterocycles. The number of amides is 1. The predicted molar refractivity (Wildman–Crippen MR) is 210 cm³/mol. The van der Waals surface area contributed by atoms with E-state index in [2.05, 4.69) is 20.8 Å². The Morgan fingerprint density at radius 3 is 2.20 bits per heavy atom. The number of Topliss-reactive ketones (excluding diaryl/α,β-unsaturated/α-hetero) is 1. The number of methoxy groups -OCH3 is 3. The van der Waals surface area contributed by atoms with Gasteiger partial charge in [0, 0.05) is 30.9 Å². The van der Waals surface area contributed by atoms with Crippen LogP contribution in [0.25, 0.3) is 0 Å². The van der Waals surface area contributed by atoms with Crippen LogP contribution in [0.1, 0.15) is 106 Å². The number of nitrogens with two attached hydrogens (primary N) is 1. The number of halogens is 1. The Bertz CT molecular complexity index is 2000. The molecular formula is C44H54ClNO10. The van der Waals surface area contributed by atoms with E-state index in [0.29, 0.717) is 23.2 Å². The lowest BCUT2D eigenvalue weighted by molar-refractivity contribution is -0.124. The standard InChI is InChI=1S/C20H30O2.C17H17ClO6.C7H7NO2/c1-18-9-6-14(21)12-13(18)4-5-15-16(18)7-10-19(2)17(15)8-11-20(19,3)22;1-8-5-9(19)6-12(23-4)17(8)16(20)13-10(21-2)7-11(22-3)14(18)15(13)24-17;8-7(10)5-3-1-2-4-6(5)9/h12,15-17,22H,4-11H2,1-3H3;6-8H,5H2,1-4H3;1-4,9H,(H2,8,10)/t15-,16+,17+,18+,19+,20+;8-,17+;/m11./s1. The molecule has 3 fully saturated rings. The highest BCUT2D eigenvalue weighted by Gasteiger charge is 2.63. The van der Waals surface area contributed by atoms with E-state index in [9.17, 15) is 24.3 Å². The average molecular weight is 792 g/mol. The monoisotopic (exact) mass is 791 g/mol. The number of primary amides is 1. The minimum absolute atomic E-state index is 0.0741. The molecule has 4 N–H and O–H groups in total. The number of aromatic hydroxyl groups is 1. The molecule has 1 aliphatic heterocycles. The van der Waals surface area contributed by atoms with Crippen LogP contribution in [0.4, 0.5) is 0 Å². The second-order valence-corrected chi connectivity index (χ2v) is 17.2. The first-order valence-corrected chi connectivity index (χ1v) is 19.8. The van der Waals surface area contributed by atoms with Crippen molar-refractivity contribution in [3.8, 4) is 23.0 Å². The van der Waals surface area contributed by atoms with E-state index in [1.165, 1.54) is 70.4 Å². The summed E-state index contributed by atoms with van der Waals surface area (Å²) < 4.78 is 21.9. The lowest BCUT2D eigenvalue weighted by Crippen LogP contribution is -2.53. The molecule has 56 heavy (non-hydrogen) atoms. The van der Waals surface area contributed by atoms with Crippen molar-refractivity contribution in [2.75, 3.05) is 21.3 Å². The third-order valence-corrected chi connectivity index (χ3v) is 14.5. The summed E-state index contributed by atoms with van der Waals surface area (Å²) in [6.07, 6.45) is 12.1. The zero-order valence-corrected chi connectivity index (χ0v) is 34.1. The Balaban J connectivity index is 0.000000154. The maximum absolute atomic E-state index is 13.3. The second kappa shape index (κ2) is 15.2. The molecule has 0 saturated heterocycles. The molecule has 2 aromatic rings. The molecule has 1 heterocycles. The van der Waals surface area contributed by atoms with Gasteiger partial charge in [-0.15, -0.1) is 0 Å². The van der Waals surface area contributed by atoms with Gasteiger partial charge in [0.1, 0.15) is 27.8 Å². The minimum Gasteiger partial charge on any atom is -0.507 e. The minimum atomic E-state index is -1.42. The maximum atomic E-state index is 13.3. The summed E-state index contributed by atoms with van der Waals surface area (Å²) in [6.45, 7) is 8.62. The normalized spacial score (nSPS) is 33.8. The molecule has 3 saturated carbocycles. The van der Waals surface area contributed by atoms with Crippen LogP contribution in [-0.4, -0.2) is 66.0 Å². The van der Waals surface area contributed by atoms with Crippen LogP contribution in [0, 0.1) is 34.5 Å². The van der Waals surface area contributed by atoms with E-state index in [4.69, 9.17) is 41.4 Å². The SMILES string of the molecule is COC1=CC(=O)C[C@@H](C)[C@]12Oc1c(Cl)c(OC)cc(OC)c1C2=O.C[C@]12CCC(=O)C=C1CC[C@@H]1[C@@H]2CC[C@@]2(C)[C@H]1CC[C@]2(C)O.NC(=O)c1ccccc1O. The van der Waals surface area contributed by atoms with E-state index >= 15 is 0 Å². The molecule has 1 amide bonds. The molecule has 0 radical (unpaired) electrons. The van der Waals surface area contributed by atoms with Gasteiger partial charge in [-0.1, -0.05) is 50.1 Å². The van der Waals surface area contributed by atoms with Crippen LogP contribution in [0.3, 0.4) is 0 Å². The molecule has 302 valence electrons. The molecule has 11 nitrogen and oxygen atoms in total. The molecule has 0 bridgehead atoms. The highest BCUT2D eigenvalue weighted by Crippen LogP contribution is 2.67. The first-order chi connectivity index (χ1) is 26.4. The zero-order valence-electron chi connectivity index (χ0n) is 33.3. The second-order valence-electron chi connectivity index (χ2n) is 16.9. The van der Waals surface area contributed by atoms with Gasteiger partial charge in [-0.2, -0.15) is 0 Å². The van der Waals surface area contributed by atoms with Crippen molar-refractivity contribution in [2.45, 2.75) is 96.7 Å². The summed E-state index contributed by atoms with van der Waals surface area (Å²) >= 11 is 6.33. The highest BCUT2D eigenvalue weighted by atomic mass is 35.5. The van der Waals surface area contributed by atoms with Gasteiger partial charge in [0.2, 0.25) is 11.4 Å². The van der Waals surface area contributed by atoms with Crippen molar-refractivity contribution >= 4 is 34.9 Å². The van der Waals surface area contributed by atoms with Crippen molar-refractivity contribution < 1.29 is 48.3 Å². The van der Waals surface area contributed by atoms with Gasteiger partial charge in [-0.3, -0.25) is 19.2 Å². The number of hydrogen-bond donors (Lipinski definition) is 3. The molecule has 8 atom stereocenters. The van der Waals surface area contributed by atoms with E-state index in [1.54, 1.807) is 19.1 Å². The number of carbonyl (C=O) groups is 4. The number of allylic oxidation sites excluding steroid dienone is 2. The number of ether oxygens (including phenoxy) is 4. The van der Waals surface area contributed by atoms with Gasteiger partial charge < -0.3 is 34.9 Å². The maximum Gasteiger partial charge on any atom is 0.252 e. The van der Waals surface area contributed by atoms with Gasteiger partial charge >= 0.3 is 0 Å². The van der Waals surface area contributed by atoms with Crippen LogP contribution >= 0.6 is 11.6 Å². The van der Waals surface area contributed by atoms with Crippen molar-refractivity contribution in [3.05, 3.63) is 70.0 Å². The zero-order chi connectivity index (χ0) is 41.0. The third-order valence-electron chi connectivity index (χ3n) is 14.2. The van der Waals surface area contributed by atoms with Gasteiger partial charge in [0.05, 0.1) is 32.5 Å². The van der Waals surface area contributed by atoms with Gasteiger partial charge in [0.25, 0.3) is 5.91 Å². The van der Waals surface area contributed by atoms with Crippen molar-refractivity contribution in [1.82, 2.24) is 0 Å². The molecule has 12 heteroatoms. The summed E-state index contributed by atoms with van der Waals surface area (Å²) in [5.74, 6) is 1.92. The fraction of sp³-hybridized carbons (Fsp3) is 0.545. The van der Waals surface area contributed by atoms with Crippen LogP contribution in [-0.2, 0) is 14.3 Å². The summed E-state index contributed by atoms with van der Waals surface area (Å²) in [5.41, 5.74) is 5.20. The Kier molecular flexibility index (Phi) is 11.2. The first-order valence-electron chi connectivity index (χ1n) is 19.4. The number of rotatable bonds is 4. The molecule has 6 aliphatic rings. The Morgan fingerprint density at radius 1 is 0.893 bits per heavy atom. The summed E-state index contributed by atoms with van der Waals surface area (Å²) in [5, 5.41) is 20.1. The van der Waals surface area contributed by atoms with Crippen molar-refractivity contribution in [2.24, 2.45) is 40.2 Å². The summed E-state index contributed by atoms with van der Waals surface area (Å²) in [6, 6.07) is 7.69. The Morgan fingerprint density at radius 2 is 1.57 bits per heavy atom. The molecule has 1 spiro atoms. The van der Waals surface area contributed by atoms with Crippen LogP contribution < -0.4 is 19.9 Å². The molecule has 8 rings (SSSR count). The topological polar surface area (TPSA) is 172 Å². The number of ketones is 3. The van der Waals surface area contributed by atoms with E-state index in [0.717, 1.165) is 43.9 Å². The Hall–Kier alpha value is -4.35. The summed E-state index contributed by atoms with van der Waals surface area (Å²) in [4.78, 5) is 47.4. The lowest BCUT2D eigenvalue weighted by atomic mass is 9.46. The molecular weight excluding hydrogens is 738 g/mol. The van der Waals surface area contributed by atoms with Gasteiger partial charge in [0.15, 0.2) is 23.1 Å². The number of benzene rings is 2. The van der Waals surface area contributed by atoms with Crippen LogP contribution in [0.5, 0.6) is 23.0 Å². The van der Waals surface area contributed by atoms with E-state index < -0.39 is 23.0 Å². The van der Waals surface area contributed by atoms with Crippen LogP contribution in [0.15, 0.2) is 53.8 Å². The Labute approximate surface area is 333 Å². The number of carbonyl (C=O) groups excluding carboxylic acids is 4. The predicted octanol–water partition coefficient (Wildman–Crippen LogP) is 7.57. The third kappa shape index (κ3) is 6.58. The fourth-order valence-electron chi connectivity index (χ4n) is 10.8. The first kappa shape index (κ1) is 41.3. The van der Waals surface area contributed by atoms with Gasteiger partial charge in [-0.25, -0.2) is 0 Å². The van der Waals surface area contributed by atoms with Crippen molar-refractivity contribution in [1.29, 1.82) is 0 Å². The lowest BCUT2D eigenvalue weighted by Gasteiger charge is -2.58. The van der Waals surface area contributed by atoms with E-state index in [-0.39, 0.29) is 62.2 Å². The fourth-order valence-corrected chi connectivity index (χ4v) is 11.0. The van der Waals surface area contributed by atoms with Gasteiger partial charge in [-0.05, 0) is 98.7 Å². The number of hydrogen-bond acceptors (Lipinski definition) is 10. The number of fused-ring (bicyclic) bond motifs is 6.